The van der Waals surface area contributed by atoms with Crippen LogP contribution in [0.25, 0.3) is 61.1 Å². The molecule has 0 aliphatic heterocycles. The van der Waals surface area contributed by atoms with Crippen LogP contribution in [0.5, 0.6) is 5.75 Å². The third kappa shape index (κ3) is 19.2. The third-order valence-electron chi connectivity index (χ3n) is 16.8. The van der Waals surface area contributed by atoms with E-state index in [-0.39, 0.29) is 92.6 Å². The maximum atomic E-state index is 14.6. The van der Waals surface area contributed by atoms with Crippen molar-refractivity contribution in [2.75, 3.05) is 0 Å². The predicted octanol–water partition coefficient (Wildman–Crippen LogP) is 19.1. The fourth-order valence-corrected chi connectivity index (χ4v) is 12.6. The van der Waals surface area contributed by atoms with Crippen molar-refractivity contribution in [3.63, 3.8) is 0 Å². The topological polar surface area (TPSA) is 107 Å². The minimum Gasteiger partial charge on any atom is -0.507 e. The van der Waals surface area contributed by atoms with E-state index in [0.717, 1.165) is 100 Å². The van der Waals surface area contributed by atoms with Crippen molar-refractivity contribution in [3.05, 3.63) is 209 Å². The monoisotopic (exact) mass is 1590 g/mol. The van der Waals surface area contributed by atoms with Crippen LogP contribution in [0.2, 0.25) is 0 Å². The third-order valence-corrected chi connectivity index (χ3v) is 16.8. The number of nitrogens with zero attached hydrogens (tertiary/aromatic N) is 7. The molecule has 89 heavy (non-hydrogen) atoms. The maximum Gasteiger partial charge on any atom is 1.00 e. The molecule has 4 aliphatic carbocycles. The first kappa shape index (κ1) is 74.0. The number of oxazole rings is 1. The molecule has 4 fully saturated rings. The van der Waals surface area contributed by atoms with Gasteiger partial charge in [0.15, 0.2) is 11.6 Å². The first-order valence-corrected chi connectivity index (χ1v) is 30.2. The number of halogens is 2. The summed E-state index contributed by atoms with van der Waals surface area (Å²) in [5.41, 5.74) is 11.9. The van der Waals surface area contributed by atoms with Gasteiger partial charge in [0.2, 0.25) is 0 Å². The maximum absolute atomic E-state index is 14.6. The molecule has 1 N–H and O–H groups in total. The average molecular weight is 1590 g/mol. The molecule has 15 heteroatoms. The second kappa shape index (κ2) is 33.6. The Labute approximate surface area is 576 Å². The van der Waals surface area contributed by atoms with Crippen LogP contribution in [0.1, 0.15) is 145 Å². The zero-order valence-corrected chi connectivity index (χ0v) is 59.4. The summed E-state index contributed by atoms with van der Waals surface area (Å²) < 4.78 is 35.5. The second-order valence-electron chi connectivity index (χ2n) is 25.2. The summed E-state index contributed by atoms with van der Waals surface area (Å²) in [6.45, 7) is 28.2. The number of aromatic hydroxyl groups is 1. The Morgan fingerprint density at radius 2 is 1.47 bits per heavy atom. The molecule has 5 aromatic carbocycles. The summed E-state index contributed by atoms with van der Waals surface area (Å²) in [4.78, 5) is 21.1. The van der Waals surface area contributed by atoms with Gasteiger partial charge in [-0.25, -0.2) is 10.1 Å². The van der Waals surface area contributed by atoms with Crippen LogP contribution in [-0.4, -0.2) is 34.8 Å². The van der Waals surface area contributed by atoms with Crippen molar-refractivity contribution >= 4 is 5.69 Å². The van der Waals surface area contributed by atoms with Crippen molar-refractivity contribution < 1.29 is 94.1 Å². The van der Waals surface area contributed by atoms with Gasteiger partial charge in [-0.3, -0.25) is 23.3 Å². The minimum absolute atomic E-state index is 0. The molecule has 0 saturated heterocycles. The molecule has 9 aromatic rings. The van der Waals surface area contributed by atoms with E-state index in [1.807, 2.05) is 74.1 Å². The molecule has 13 rings (SSSR count). The smallest absolute Gasteiger partial charge is 0.507 e. The molecule has 0 spiro atoms. The van der Waals surface area contributed by atoms with Crippen LogP contribution in [0.4, 0.5) is 14.5 Å². The van der Waals surface area contributed by atoms with Crippen molar-refractivity contribution in [3.8, 4) is 62.0 Å². The van der Waals surface area contributed by atoms with Crippen molar-refractivity contribution in [2.45, 2.75) is 139 Å². The Hall–Kier alpha value is -5.70. The number of aromatic nitrogens is 6. The molecule has 4 heterocycles. The first-order valence-electron chi connectivity index (χ1n) is 30.2. The number of hydrogen-bond acceptors (Lipinski definition) is 7. The SMILES string of the molecule is CC(C)CCc1cccc(-c2[c-]ccc(-c3ccccc3)c2)n1.CCC(C)c1ccc(O)c(-c2nc(C)oc2C)c1.Cc1cc[c-]c(-c2nc(CC(C)(C)C)n(C)n2)c1.[C-]#[N+]c1c(F)c[c-]c(-c2cc(C3C4CC5CC(C4)CC3C5)ccn2)c1F.[Co].[Ir].[Rh].[Ru+]. The van der Waals surface area contributed by atoms with Crippen LogP contribution in [0, 0.1) is 92.2 Å². The average Bonchev–Trinajstić information content (AvgIpc) is 1.94. The van der Waals surface area contributed by atoms with Gasteiger partial charge < -0.3 is 19.5 Å². The van der Waals surface area contributed by atoms with Gasteiger partial charge in [-0.2, -0.15) is 0 Å². The Kier molecular flexibility index (Phi) is 27.9. The van der Waals surface area contributed by atoms with Gasteiger partial charge >= 0.3 is 19.5 Å². The fraction of sp³-hybridized carbons (Fsp3) is 0.378. The van der Waals surface area contributed by atoms with E-state index in [1.165, 1.54) is 66.3 Å². The number of pyridine rings is 2. The molecule has 4 radical (unpaired) electrons. The number of phenols is 1. The van der Waals surface area contributed by atoms with E-state index in [1.54, 1.807) is 12.3 Å². The van der Waals surface area contributed by atoms with Gasteiger partial charge in [0.25, 0.3) is 0 Å². The number of phenolic OH excluding ortho intramolecular Hbond substituents is 1. The normalized spacial score (nSPS) is 17.1. The van der Waals surface area contributed by atoms with Gasteiger partial charge in [0.1, 0.15) is 23.0 Å². The van der Waals surface area contributed by atoms with Gasteiger partial charge in [0, 0.05) is 106 Å². The van der Waals surface area contributed by atoms with E-state index in [2.05, 4.69) is 159 Å². The Morgan fingerprint density at radius 3 is 2.10 bits per heavy atom. The van der Waals surface area contributed by atoms with Gasteiger partial charge in [-0.15, -0.1) is 88.5 Å². The molecule has 474 valence electrons. The molecule has 9 nitrogen and oxygen atoms in total. The zero-order valence-electron chi connectivity index (χ0n) is 52.6. The number of hydrogen-bond donors (Lipinski definition) is 1. The zero-order chi connectivity index (χ0) is 60.5. The fourth-order valence-electron chi connectivity index (χ4n) is 12.6. The van der Waals surface area contributed by atoms with Crippen LogP contribution in [0.15, 0.2) is 132 Å². The molecule has 4 aliphatic rings. The molecule has 4 aromatic heterocycles. The summed E-state index contributed by atoms with van der Waals surface area (Å²) in [7, 11) is 1.95. The molecule has 4 bridgehead atoms. The first-order chi connectivity index (χ1) is 40.7. The number of aryl methyl sites for hydroxylation is 5. The minimum atomic E-state index is -0.876. The van der Waals surface area contributed by atoms with E-state index in [9.17, 15) is 13.9 Å². The molecular formula is C74H80CoF2IrN7O2RhRu-2. The van der Waals surface area contributed by atoms with Crippen LogP contribution < -0.4 is 0 Å². The largest absolute Gasteiger partial charge is 1.00 e. The van der Waals surface area contributed by atoms with E-state index < -0.39 is 17.3 Å². The number of benzene rings is 5. The summed E-state index contributed by atoms with van der Waals surface area (Å²) in [5.74, 6) is 6.60. The van der Waals surface area contributed by atoms with Crippen molar-refractivity contribution in [1.82, 2.24) is 29.7 Å². The van der Waals surface area contributed by atoms with Crippen LogP contribution >= 0.6 is 0 Å². The van der Waals surface area contributed by atoms with E-state index in [0.29, 0.717) is 29.3 Å². The quantitative estimate of drug-likeness (QED) is 0.0959. The van der Waals surface area contributed by atoms with Crippen molar-refractivity contribution in [2.24, 2.45) is 42.1 Å². The van der Waals surface area contributed by atoms with Gasteiger partial charge in [0.05, 0.1) is 12.4 Å². The Balaban J connectivity index is 0.000000215. The van der Waals surface area contributed by atoms with E-state index in [4.69, 9.17) is 16.0 Å². The Morgan fingerprint density at radius 1 is 0.787 bits per heavy atom. The van der Waals surface area contributed by atoms with Gasteiger partial charge in [-0.05, 0) is 157 Å². The molecule has 0 amide bonds. The van der Waals surface area contributed by atoms with Crippen LogP contribution in [0.3, 0.4) is 0 Å². The molecular weight excluding hydrogens is 1510 g/mol. The van der Waals surface area contributed by atoms with Crippen LogP contribution in [-0.2, 0) is 95.7 Å². The number of rotatable bonds is 12. The summed E-state index contributed by atoms with van der Waals surface area (Å²) in [6.07, 6.45) is 12.6. The Bertz CT molecular complexity index is 3760. The predicted molar refractivity (Wildman–Crippen MR) is 337 cm³/mol. The standard InChI is InChI=1S/C22H19F2N2.C22H22N.C15H20N3.C15H19NO2.Co.Ir.Rh.Ru/c1-25-22-18(23)3-2-17(21(22)24)19-11-14(4-5-26-19)20-15-7-12-6-13(9-15)10-16(20)8-12;1-17(2)14-15-21-12-7-13-22(23-21)20-11-6-10-19(16-20)18-8-4-3-5-9-18;1-11-7-6-8-12(9-11)14-16-13(18(5)17-14)10-15(2,3)4;1-5-9(2)12-6-7-14(17)13(8-12)15-10(3)18-11(4)16-15;;;;/h3-5,11-13,15-16,20H,6-10H2;3-10,12-13,16-17H,14-15H2,1-2H3;6-7,9H,10H2,1-5H3;6-9,17H,5H2,1-4H3;;;;/q3*-1;;;;;+1. The molecule has 1 unspecified atom stereocenters. The summed E-state index contributed by atoms with van der Waals surface area (Å²) in [5, 5.41) is 14.5. The molecule has 1 atom stereocenters. The summed E-state index contributed by atoms with van der Waals surface area (Å²) >= 11 is 0. The second-order valence-corrected chi connectivity index (χ2v) is 25.2. The summed E-state index contributed by atoms with van der Waals surface area (Å²) in [6, 6.07) is 48.9. The van der Waals surface area contributed by atoms with Crippen molar-refractivity contribution in [1.29, 1.82) is 0 Å². The van der Waals surface area contributed by atoms with Gasteiger partial charge in [-0.1, -0.05) is 110 Å². The van der Waals surface area contributed by atoms with E-state index >= 15 is 0 Å². The molecule has 4 saturated carbocycles.